The van der Waals surface area contributed by atoms with Gasteiger partial charge in [0.1, 0.15) is 0 Å². The van der Waals surface area contributed by atoms with Crippen LogP contribution in [0.2, 0.25) is 0 Å². The van der Waals surface area contributed by atoms with Crippen molar-refractivity contribution >= 4 is 27.3 Å². The number of nitrogens with one attached hydrogen (secondary N) is 1. The van der Waals surface area contributed by atoms with Crippen LogP contribution in [0.25, 0.3) is 0 Å². The number of primary sulfonamides is 1. The molecule has 0 bridgehead atoms. The van der Waals surface area contributed by atoms with Crippen molar-refractivity contribution in [2.45, 2.75) is 6.42 Å². The minimum absolute atomic E-state index is 0.112. The molecule has 20 heavy (non-hydrogen) atoms. The first-order valence-corrected chi connectivity index (χ1v) is 7.78. The highest BCUT2D eigenvalue weighted by atomic mass is 32.2. The van der Waals surface area contributed by atoms with Gasteiger partial charge in [0.2, 0.25) is 10.0 Å². The van der Waals surface area contributed by atoms with Crippen LogP contribution >= 0.6 is 0 Å². The Labute approximate surface area is 119 Å². The number of benzene rings is 1. The standard InChI is InChI=1S/C12H20N4O3S/c1-16(2)12(17)10-5-4-9(13)8-11(10)15-6-3-7-20(14,18)19/h4-5,8,15H,3,6-7,13H2,1-2H3,(H2,14,18,19). The molecule has 1 rings (SSSR count). The van der Waals surface area contributed by atoms with Crippen LogP contribution < -0.4 is 16.2 Å². The van der Waals surface area contributed by atoms with Gasteiger partial charge >= 0.3 is 0 Å². The minimum atomic E-state index is -3.47. The van der Waals surface area contributed by atoms with Crippen LogP contribution in [0.15, 0.2) is 18.2 Å². The number of hydrogen-bond acceptors (Lipinski definition) is 5. The van der Waals surface area contributed by atoms with Gasteiger partial charge in [0.25, 0.3) is 5.91 Å². The summed E-state index contributed by atoms with van der Waals surface area (Å²) < 4.78 is 21.7. The Morgan fingerprint density at radius 2 is 2.00 bits per heavy atom. The molecule has 0 unspecified atom stereocenters. The van der Waals surface area contributed by atoms with Gasteiger partial charge in [-0.05, 0) is 24.6 Å². The zero-order chi connectivity index (χ0) is 15.3. The predicted octanol–water partition coefficient (Wildman–Crippen LogP) is 0.0611. The van der Waals surface area contributed by atoms with E-state index in [9.17, 15) is 13.2 Å². The van der Waals surface area contributed by atoms with Crippen molar-refractivity contribution in [3.8, 4) is 0 Å². The van der Waals surface area contributed by atoms with Crippen LogP contribution in [-0.2, 0) is 10.0 Å². The van der Waals surface area contributed by atoms with Gasteiger partial charge in [0.15, 0.2) is 0 Å². The second-order valence-electron chi connectivity index (χ2n) is 4.65. The highest BCUT2D eigenvalue weighted by molar-refractivity contribution is 7.89. The molecule has 0 saturated carbocycles. The quantitative estimate of drug-likeness (QED) is 0.507. The number of hydrogen-bond donors (Lipinski definition) is 3. The molecule has 0 radical (unpaired) electrons. The monoisotopic (exact) mass is 300 g/mol. The average molecular weight is 300 g/mol. The van der Waals surface area contributed by atoms with Crippen molar-refractivity contribution in [3.63, 3.8) is 0 Å². The molecule has 112 valence electrons. The second-order valence-corrected chi connectivity index (χ2v) is 6.39. The van der Waals surface area contributed by atoms with E-state index >= 15 is 0 Å². The second kappa shape index (κ2) is 6.58. The highest BCUT2D eigenvalue weighted by Gasteiger charge is 2.13. The molecule has 0 atom stereocenters. The molecule has 1 aromatic carbocycles. The van der Waals surface area contributed by atoms with Crippen LogP contribution in [0, 0.1) is 0 Å². The zero-order valence-electron chi connectivity index (χ0n) is 11.6. The lowest BCUT2D eigenvalue weighted by Crippen LogP contribution is -2.23. The number of nitrogen functional groups attached to an aromatic ring is 1. The Bertz CT molecular complexity index is 584. The highest BCUT2D eigenvalue weighted by Crippen LogP contribution is 2.20. The molecule has 8 heteroatoms. The third kappa shape index (κ3) is 5.06. The number of carbonyl (C=O) groups excluding carboxylic acids is 1. The number of sulfonamides is 1. The number of nitrogens with two attached hydrogens (primary N) is 2. The molecule has 0 saturated heterocycles. The molecule has 0 spiro atoms. The molecule has 1 aromatic rings. The van der Waals surface area contributed by atoms with Crippen LogP contribution in [0.1, 0.15) is 16.8 Å². The lowest BCUT2D eigenvalue weighted by Gasteiger charge is -2.16. The first-order chi connectivity index (χ1) is 9.20. The van der Waals surface area contributed by atoms with E-state index in [2.05, 4.69) is 5.32 Å². The fourth-order valence-electron chi connectivity index (χ4n) is 1.63. The van der Waals surface area contributed by atoms with Crippen LogP contribution in [0.5, 0.6) is 0 Å². The molecule has 0 fully saturated rings. The van der Waals surface area contributed by atoms with E-state index in [-0.39, 0.29) is 11.7 Å². The van der Waals surface area contributed by atoms with Crippen molar-refractivity contribution in [1.29, 1.82) is 0 Å². The lowest BCUT2D eigenvalue weighted by molar-refractivity contribution is 0.0828. The SMILES string of the molecule is CN(C)C(=O)c1ccc(N)cc1NCCCS(N)(=O)=O. The summed E-state index contributed by atoms with van der Waals surface area (Å²) in [6.45, 7) is 0.383. The molecule has 0 heterocycles. The fourth-order valence-corrected chi connectivity index (χ4v) is 2.18. The van der Waals surface area contributed by atoms with Crippen molar-refractivity contribution in [1.82, 2.24) is 4.90 Å². The summed E-state index contributed by atoms with van der Waals surface area (Å²) in [6.07, 6.45) is 0.350. The van der Waals surface area contributed by atoms with Gasteiger partial charge in [0.05, 0.1) is 11.3 Å². The molecule has 0 aliphatic rings. The van der Waals surface area contributed by atoms with Gasteiger partial charge in [-0.2, -0.15) is 0 Å². The predicted molar refractivity (Wildman–Crippen MR) is 80.0 cm³/mol. The van der Waals surface area contributed by atoms with Crippen LogP contribution in [-0.4, -0.2) is 45.6 Å². The van der Waals surface area contributed by atoms with E-state index in [1.165, 1.54) is 4.90 Å². The molecule has 7 nitrogen and oxygen atoms in total. The molecule has 0 aromatic heterocycles. The van der Waals surface area contributed by atoms with E-state index in [0.29, 0.717) is 29.9 Å². The number of amides is 1. The fraction of sp³-hybridized carbons (Fsp3) is 0.417. The Hall–Kier alpha value is -1.80. The van der Waals surface area contributed by atoms with E-state index in [1.807, 2.05) is 0 Å². The number of nitrogens with zero attached hydrogens (tertiary/aromatic N) is 1. The number of carbonyl (C=O) groups is 1. The largest absolute Gasteiger partial charge is 0.399 e. The Balaban J connectivity index is 2.78. The van der Waals surface area contributed by atoms with E-state index < -0.39 is 10.0 Å². The molecule has 5 N–H and O–H groups in total. The lowest BCUT2D eigenvalue weighted by atomic mass is 10.1. The van der Waals surface area contributed by atoms with E-state index in [1.54, 1.807) is 32.3 Å². The summed E-state index contributed by atoms with van der Waals surface area (Å²) in [5, 5.41) is 7.94. The number of rotatable bonds is 6. The van der Waals surface area contributed by atoms with Gasteiger partial charge in [-0.25, -0.2) is 13.6 Å². The summed E-state index contributed by atoms with van der Waals surface area (Å²) in [7, 11) is -0.154. The maximum atomic E-state index is 12.0. The Morgan fingerprint density at radius 3 is 2.55 bits per heavy atom. The van der Waals surface area contributed by atoms with Crippen LogP contribution in [0.4, 0.5) is 11.4 Å². The summed E-state index contributed by atoms with van der Waals surface area (Å²) >= 11 is 0. The average Bonchev–Trinajstić information content (AvgIpc) is 2.33. The molecule has 0 aliphatic heterocycles. The first-order valence-electron chi connectivity index (χ1n) is 6.06. The third-order valence-electron chi connectivity index (χ3n) is 2.60. The van der Waals surface area contributed by atoms with Gasteiger partial charge < -0.3 is 16.0 Å². The normalized spacial score (nSPS) is 11.2. The summed E-state index contributed by atoms with van der Waals surface area (Å²) in [5.74, 6) is -0.266. The number of anilines is 2. The molecular formula is C12H20N4O3S. The van der Waals surface area contributed by atoms with Gasteiger partial charge in [-0.15, -0.1) is 0 Å². The smallest absolute Gasteiger partial charge is 0.255 e. The first kappa shape index (κ1) is 16.3. The van der Waals surface area contributed by atoms with Crippen molar-refractivity contribution < 1.29 is 13.2 Å². The minimum Gasteiger partial charge on any atom is -0.399 e. The summed E-state index contributed by atoms with van der Waals surface area (Å²) in [5.41, 5.74) is 7.29. The van der Waals surface area contributed by atoms with Crippen LogP contribution in [0.3, 0.4) is 0 Å². The van der Waals surface area contributed by atoms with Crippen molar-refractivity contribution in [2.75, 3.05) is 37.4 Å². The van der Waals surface area contributed by atoms with E-state index in [4.69, 9.17) is 10.9 Å². The van der Waals surface area contributed by atoms with Gasteiger partial charge in [-0.1, -0.05) is 0 Å². The van der Waals surface area contributed by atoms with Crippen molar-refractivity contribution in [3.05, 3.63) is 23.8 Å². The molecule has 1 amide bonds. The molecular weight excluding hydrogens is 280 g/mol. The summed E-state index contributed by atoms with van der Waals surface area (Å²) in [4.78, 5) is 13.5. The maximum Gasteiger partial charge on any atom is 0.255 e. The van der Waals surface area contributed by atoms with E-state index in [0.717, 1.165) is 0 Å². The Morgan fingerprint density at radius 1 is 1.35 bits per heavy atom. The Kier molecular flexibility index (Phi) is 5.34. The maximum absolute atomic E-state index is 12.0. The summed E-state index contributed by atoms with van der Waals surface area (Å²) in [6, 6.07) is 4.93. The van der Waals surface area contributed by atoms with Gasteiger partial charge in [-0.3, -0.25) is 4.79 Å². The topological polar surface area (TPSA) is 119 Å². The van der Waals surface area contributed by atoms with Crippen molar-refractivity contribution in [2.24, 2.45) is 5.14 Å². The zero-order valence-corrected chi connectivity index (χ0v) is 12.4. The molecule has 0 aliphatic carbocycles. The van der Waals surface area contributed by atoms with Gasteiger partial charge in [0, 0.05) is 32.0 Å². The third-order valence-corrected chi connectivity index (χ3v) is 3.46.